The molecule has 0 saturated carbocycles. The van der Waals surface area contributed by atoms with Crippen molar-refractivity contribution in [2.45, 2.75) is 26.7 Å². The summed E-state index contributed by atoms with van der Waals surface area (Å²) in [5, 5.41) is 0. The van der Waals surface area contributed by atoms with Crippen LogP contribution in [0.3, 0.4) is 0 Å². The maximum Gasteiger partial charge on any atom is 0.330 e. The van der Waals surface area contributed by atoms with Crippen molar-refractivity contribution in [3.05, 3.63) is 47.5 Å². The van der Waals surface area contributed by atoms with Crippen molar-refractivity contribution in [3.63, 3.8) is 0 Å². The summed E-state index contributed by atoms with van der Waals surface area (Å²) < 4.78 is 4.82. The number of carbonyl (C=O) groups excluding carboxylic acids is 1. The highest BCUT2D eigenvalue weighted by Crippen LogP contribution is 2.16. The fraction of sp³-hybridized carbons (Fsp3) is 0.357. The van der Waals surface area contributed by atoms with Gasteiger partial charge in [0, 0.05) is 6.08 Å². The van der Waals surface area contributed by atoms with Crippen molar-refractivity contribution < 1.29 is 9.53 Å². The average Bonchev–Trinajstić information content (AvgIpc) is 2.27. The monoisotopic (exact) mass is 218 g/mol. The maximum absolute atomic E-state index is 11.1. The van der Waals surface area contributed by atoms with Crippen molar-refractivity contribution in [2.24, 2.45) is 0 Å². The van der Waals surface area contributed by atoms with Gasteiger partial charge in [0.25, 0.3) is 0 Å². The van der Waals surface area contributed by atoms with Crippen LogP contribution in [0.15, 0.2) is 36.4 Å². The highest BCUT2D eigenvalue weighted by molar-refractivity contribution is 5.82. The van der Waals surface area contributed by atoms with Crippen LogP contribution in [0.5, 0.6) is 0 Å². The van der Waals surface area contributed by atoms with Crippen molar-refractivity contribution in [3.8, 4) is 0 Å². The molecule has 0 aliphatic heterocycles. The smallest absolute Gasteiger partial charge is 0.330 e. The van der Waals surface area contributed by atoms with Crippen LogP contribution in [0, 0.1) is 6.92 Å². The van der Waals surface area contributed by atoms with E-state index in [0.29, 0.717) is 6.61 Å². The normalized spacial score (nSPS) is 12.7. The summed E-state index contributed by atoms with van der Waals surface area (Å²) in [4.78, 5) is 11.1. The molecule has 0 N–H and O–H groups in total. The zero-order chi connectivity index (χ0) is 12.0. The molecule has 1 atom stereocenters. The van der Waals surface area contributed by atoms with E-state index in [1.54, 1.807) is 6.92 Å². The van der Waals surface area contributed by atoms with Gasteiger partial charge in [-0.25, -0.2) is 4.79 Å². The molecule has 0 spiro atoms. The van der Waals surface area contributed by atoms with Crippen LogP contribution >= 0.6 is 0 Å². The van der Waals surface area contributed by atoms with Crippen LogP contribution < -0.4 is 0 Å². The van der Waals surface area contributed by atoms with Crippen molar-refractivity contribution in [1.29, 1.82) is 0 Å². The topological polar surface area (TPSA) is 26.3 Å². The van der Waals surface area contributed by atoms with Gasteiger partial charge in [0.15, 0.2) is 0 Å². The van der Waals surface area contributed by atoms with Gasteiger partial charge in [0.2, 0.25) is 0 Å². The van der Waals surface area contributed by atoms with Crippen LogP contribution in [0.4, 0.5) is 0 Å². The molecule has 0 aliphatic carbocycles. The fourth-order valence-electron chi connectivity index (χ4n) is 1.39. The number of rotatable bonds is 4. The molecule has 0 radical (unpaired) electrons. The summed E-state index contributed by atoms with van der Waals surface area (Å²) in [5.41, 5.74) is 2.44. The molecular weight excluding hydrogens is 200 g/mol. The summed E-state index contributed by atoms with van der Waals surface area (Å²) >= 11 is 0. The Morgan fingerprint density at radius 3 is 2.56 bits per heavy atom. The Morgan fingerprint density at radius 1 is 1.38 bits per heavy atom. The summed E-state index contributed by atoms with van der Waals surface area (Å²) in [5.74, 6) is -0.0496. The van der Waals surface area contributed by atoms with Gasteiger partial charge in [-0.05, 0) is 25.3 Å². The Labute approximate surface area is 96.9 Å². The molecule has 0 bridgehead atoms. The SMILES string of the molecule is CCOC(=O)/C=C/[C@H](C)c1ccc(C)cc1. The number of hydrogen-bond donors (Lipinski definition) is 0. The number of aryl methyl sites for hydroxylation is 1. The molecule has 86 valence electrons. The molecule has 0 heterocycles. The van der Waals surface area contributed by atoms with Gasteiger partial charge in [-0.15, -0.1) is 0 Å². The second-order valence-corrected chi connectivity index (χ2v) is 3.81. The number of benzene rings is 1. The predicted octanol–water partition coefficient (Wildman–Crippen LogP) is 3.22. The third-order valence-electron chi connectivity index (χ3n) is 2.41. The number of hydrogen-bond acceptors (Lipinski definition) is 2. The molecule has 2 heteroatoms. The third-order valence-corrected chi connectivity index (χ3v) is 2.41. The molecule has 2 nitrogen and oxygen atoms in total. The third kappa shape index (κ3) is 3.89. The molecule has 0 saturated heterocycles. The van der Waals surface area contributed by atoms with Gasteiger partial charge in [0.05, 0.1) is 6.61 Å². The minimum atomic E-state index is -0.276. The lowest BCUT2D eigenvalue weighted by atomic mass is 10.00. The van der Waals surface area contributed by atoms with Crippen LogP contribution in [-0.4, -0.2) is 12.6 Å². The fourth-order valence-corrected chi connectivity index (χ4v) is 1.39. The molecule has 0 aromatic heterocycles. The first kappa shape index (κ1) is 12.5. The van der Waals surface area contributed by atoms with E-state index in [-0.39, 0.29) is 11.9 Å². The Bertz CT molecular complexity index is 363. The quantitative estimate of drug-likeness (QED) is 0.573. The van der Waals surface area contributed by atoms with Crippen LogP contribution in [-0.2, 0) is 9.53 Å². The van der Waals surface area contributed by atoms with E-state index in [4.69, 9.17) is 4.74 Å². The Hall–Kier alpha value is -1.57. The van der Waals surface area contributed by atoms with E-state index in [9.17, 15) is 4.79 Å². The van der Waals surface area contributed by atoms with Crippen LogP contribution in [0.2, 0.25) is 0 Å². The first-order valence-electron chi connectivity index (χ1n) is 5.55. The highest BCUT2D eigenvalue weighted by Gasteiger charge is 2.02. The van der Waals surface area contributed by atoms with Crippen molar-refractivity contribution in [1.82, 2.24) is 0 Å². The van der Waals surface area contributed by atoms with Gasteiger partial charge in [-0.3, -0.25) is 0 Å². The lowest BCUT2D eigenvalue weighted by Crippen LogP contribution is -2.00. The molecule has 1 aromatic carbocycles. The van der Waals surface area contributed by atoms with Gasteiger partial charge >= 0.3 is 5.97 Å². The lowest BCUT2D eigenvalue weighted by molar-refractivity contribution is -0.137. The Morgan fingerprint density at radius 2 is 2.00 bits per heavy atom. The largest absolute Gasteiger partial charge is 0.463 e. The summed E-state index contributed by atoms with van der Waals surface area (Å²) in [7, 11) is 0. The molecule has 1 aromatic rings. The zero-order valence-corrected chi connectivity index (χ0v) is 10.1. The maximum atomic E-state index is 11.1. The van der Waals surface area contributed by atoms with Crippen LogP contribution in [0.1, 0.15) is 30.9 Å². The number of esters is 1. The number of allylic oxidation sites excluding steroid dienone is 1. The van der Waals surface area contributed by atoms with E-state index in [0.717, 1.165) is 0 Å². The summed E-state index contributed by atoms with van der Waals surface area (Å²) in [6.07, 6.45) is 3.36. The standard InChI is InChI=1S/C14H18O2/c1-4-16-14(15)10-7-12(3)13-8-5-11(2)6-9-13/h5-10,12H,4H2,1-3H3/b10-7+/t12-/m0/s1. The van der Waals surface area contributed by atoms with Gasteiger partial charge in [-0.2, -0.15) is 0 Å². The molecule has 0 amide bonds. The summed E-state index contributed by atoms with van der Waals surface area (Å²) in [6, 6.07) is 8.30. The van der Waals surface area contributed by atoms with Crippen molar-refractivity contribution in [2.75, 3.05) is 6.61 Å². The van der Waals surface area contributed by atoms with E-state index >= 15 is 0 Å². The number of ether oxygens (including phenoxy) is 1. The number of carbonyl (C=O) groups is 1. The zero-order valence-electron chi connectivity index (χ0n) is 10.1. The minimum Gasteiger partial charge on any atom is -0.463 e. The Kier molecular flexibility index (Phi) is 4.77. The Balaban J connectivity index is 2.61. The highest BCUT2D eigenvalue weighted by atomic mass is 16.5. The average molecular weight is 218 g/mol. The van der Waals surface area contributed by atoms with E-state index in [2.05, 4.69) is 38.1 Å². The summed E-state index contributed by atoms with van der Waals surface area (Å²) in [6.45, 7) is 6.33. The van der Waals surface area contributed by atoms with E-state index < -0.39 is 0 Å². The molecule has 0 unspecified atom stereocenters. The molecular formula is C14H18O2. The van der Waals surface area contributed by atoms with Gasteiger partial charge in [-0.1, -0.05) is 42.8 Å². The van der Waals surface area contributed by atoms with Crippen molar-refractivity contribution >= 4 is 5.97 Å². The predicted molar refractivity (Wildman–Crippen MR) is 65.4 cm³/mol. The second-order valence-electron chi connectivity index (χ2n) is 3.81. The second kappa shape index (κ2) is 6.11. The van der Waals surface area contributed by atoms with E-state index in [1.165, 1.54) is 17.2 Å². The van der Waals surface area contributed by atoms with Crippen LogP contribution in [0.25, 0.3) is 0 Å². The van der Waals surface area contributed by atoms with Gasteiger partial charge in [0.1, 0.15) is 0 Å². The van der Waals surface area contributed by atoms with E-state index in [1.807, 2.05) is 6.08 Å². The molecule has 0 fully saturated rings. The lowest BCUT2D eigenvalue weighted by Gasteiger charge is -2.06. The first-order valence-corrected chi connectivity index (χ1v) is 5.55. The van der Waals surface area contributed by atoms with Gasteiger partial charge < -0.3 is 4.74 Å². The minimum absolute atomic E-state index is 0.227. The molecule has 0 aliphatic rings. The molecule has 1 rings (SSSR count). The molecule has 16 heavy (non-hydrogen) atoms. The first-order chi connectivity index (χ1) is 7.63.